The number of nitrogens with one attached hydrogen (secondary N) is 1. The van der Waals surface area contributed by atoms with Gasteiger partial charge in [-0.2, -0.15) is 0 Å². The van der Waals surface area contributed by atoms with Gasteiger partial charge in [0.25, 0.3) is 0 Å². The zero-order chi connectivity index (χ0) is 12.1. The Morgan fingerprint density at radius 3 is 2.88 bits per heavy atom. The molecule has 1 saturated carbocycles. The van der Waals surface area contributed by atoms with Crippen molar-refractivity contribution in [3.05, 3.63) is 0 Å². The second kappa shape index (κ2) is 6.36. The Balaban J connectivity index is 1.78. The molecule has 1 amide bonds. The molecule has 1 heterocycles. The van der Waals surface area contributed by atoms with Gasteiger partial charge in [0.1, 0.15) is 0 Å². The summed E-state index contributed by atoms with van der Waals surface area (Å²) in [6, 6.07) is 0.762. The molecule has 2 rings (SSSR count). The number of ether oxygens (including phenoxy) is 1. The van der Waals surface area contributed by atoms with E-state index < -0.39 is 0 Å². The van der Waals surface area contributed by atoms with Crippen molar-refractivity contribution in [2.24, 2.45) is 0 Å². The maximum absolute atomic E-state index is 12.2. The average molecular weight is 240 g/mol. The molecule has 0 aromatic heterocycles. The highest BCUT2D eigenvalue weighted by Crippen LogP contribution is 2.28. The molecule has 1 atom stereocenters. The Morgan fingerprint density at radius 2 is 2.29 bits per heavy atom. The van der Waals surface area contributed by atoms with Gasteiger partial charge < -0.3 is 15.0 Å². The van der Waals surface area contributed by atoms with E-state index in [2.05, 4.69) is 17.1 Å². The number of hydrogen-bond acceptors (Lipinski definition) is 3. The molecule has 2 fully saturated rings. The summed E-state index contributed by atoms with van der Waals surface area (Å²) in [7, 11) is 0. The van der Waals surface area contributed by atoms with Crippen molar-refractivity contribution in [2.75, 3.05) is 26.3 Å². The fraction of sp³-hybridized carbons (Fsp3) is 0.923. The first-order valence-electron chi connectivity index (χ1n) is 6.92. The van der Waals surface area contributed by atoms with Gasteiger partial charge in [-0.05, 0) is 19.3 Å². The number of hydrogen-bond donors (Lipinski definition) is 1. The van der Waals surface area contributed by atoms with Crippen LogP contribution in [0.4, 0.5) is 0 Å². The number of unbranched alkanes of at least 4 members (excludes halogenated alkanes) is 1. The van der Waals surface area contributed by atoms with Crippen LogP contribution in [-0.2, 0) is 9.53 Å². The van der Waals surface area contributed by atoms with Crippen molar-refractivity contribution in [2.45, 2.75) is 51.1 Å². The van der Waals surface area contributed by atoms with E-state index in [0.717, 1.165) is 32.5 Å². The van der Waals surface area contributed by atoms with E-state index in [1.165, 1.54) is 12.8 Å². The van der Waals surface area contributed by atoms with Crippen molar-refractivity contribution in [1.29, 1.82) is 0 Å². The van der Waals surface area contributed by atoms with Crippen molar-refractivity contribution in [3.63, 3.8) is 0 Å². The number of nitrogens with zero attached hydrogens (tertiary/aromatic N) is 1. The minimum absolute atomic E-state index is 0.221. The van der Waals surface area contributed by atoms with Crippen LogP contribution < -0.4 is 5.32 Å². The van der Waals surface area contributed by atoms with Gasteiger partial charge in [0, 0.05) is 31.6 Å². The molecule has 0 aromatic carbocycles. The molecule has 4 heteroatoms. The lowest BCUT2D eigenvalue weighted by Crippen LogP contribution is -2.45. The van der Waals surface area contributed by atoms with E-state index in [0.29, 0.717) is 25.0 Å². The summed E-state index contributed by atoms with van der Waals surface area (Å²) < 4.78 is 5.39. The lowest BCUT2D eigenvalue weighted by Gasteiger charge is -2.27. The van der Waals surface area contributed by atoms with Crippen LogP contribution in [0.5, 0.6) is 0 Å². The highest BCUT2D eigenvalue weighted by atomic mass is 16.5. The molecule has 1 unspecified atom stereocenters. The lowest BCUT2D eigenvalue weighted by atomic mass is 10.1. The second-order valence-corrected chi connectivity index (χ2v) is 5.10. The predicted molar refractivity (Wildman–Crippen MR) is 66.9 cm³/mol. The monoisotopic (exact) mass is 240 g/mol. The Hall–Kier alpha value is -0.610. The van der Waals surface area contributed by atoms with E-state index in [9.17, 15) is 4.79 Å². The first kappa shape index (κ1) is 12.8. The highest BCUT2D eigenvalue weighted by Gasteiger charge is 2.32. The SMILES string of the molecule is CCCCN(C(=O)CC1COCCN1)C1CC1. The molecule has 17 heavy (non-hydrogen) atoms. The Labute approximate surface area is 104 Å². The highest BCUT2D eigenvalue weighted by molar-refractivity contribution is 5.77. The van der Waals surface area contributed by atoms with E-state index in [1.807, 2.05) is 0 Å². The largest absolute Gasteiger partial charge is 0.378 e. The van der Waals surface area contributed by atoms with Gasteiger partial charge in [-0.1, -0.05) is 13.3 Å². The van der Waals surface area contributed by atoms with Crippen molar-refractivity contribution in [3.8, 4) is 0 Å². The summed E-state index contributed by atoms with van der Waals surface area (Å²) >= 11 is 0. The topological polar surface area (TPSA) is 41.6 Å². The van der Waals surface area contributed by atoms with Gasteiger partial charge in [-0.25, -0.2) is 0 Å². The average Bonchev–Trinajstić information content (AvgIpc) is 3.15. The van der Waals surface area contributed by atoms with Gasteiger partial charge >= 0.3 is 0 Å². The van der Waals surface area contributed by atoms with Crippen LogP contribution in [0.3, 0.4) is 0 Å². The smallest absolute Gasteiger partial charge is 0.224 e. The van der Waals surface area contributed by atoms with Crippen LogP contribution in [0, 0.1) is 0 Å². The Kier molecular flexibility index (Phi) is 4.80. The predicted octanol–water partition coefficient (Wildman–Crippen LogP) is 1.16. The van der Waals surface area contributed by atoms with Crippen LogP contribution in [0.25, 0.3) is 0 Å². The number of carbonyl (C=O) groups is 1. The molecule has 0 bridgehead atoms. The Bertz CT molecular complexity index is 248. The van der Waals surface area contributed by atoms with Crippen LogP contribution in [0.1, 0.15) is 39.0 Å². The fourth-order valence-corrected chi connectivity index (χ4v) is 2.30. The van der Waals surface area contributed by atoms with E-state index in [1.54, 1.807) is 0 Å². The molecule has 1 N–H and O–H groups in total. The molecule has 2 aliphatic rings. The summed E-state index contributed by atoms with van der Waals surface area (Å²) in [5.41, 5.74) is 0. The standard InChI is InChI=1S/C13H24N2O2/c1-2-3-7-15(12-4-5-12)13(16)9-11-10-17-8-6-14-11/h11-12,14H,2-10H2,1H3. The molecule has 98 valence electrons. The minimum Gasteiger partial charge on any atom is -0.378 e. The molecule has 0 spiro atoms. The summed E-state index contributed by atoms with van der Waals surface area (Å²) in [5, 5.41) is 3.35. The summed E-state index contributed by atoms with van der Waals surface area (Å²) in [5.74, 6) is 0.309. The van der Waals surface area contributed by atoms with Gasteiger partial charge in [-0.3, -0.25) is 4.79 Å². The normalized spacial score (nSPS) is 24.6. The fourth-order valence-electron chi connectivity index (χ4n) is 2.30. The quantitative estimate of drug-likeness (QED) is 0.757. The van der Waals surface area contributed by atoms with Gasteiger partial charge in [-0.15, -0.1) is 0 Å². The Morgan fingerprint density at radius 1 is 1.47 bits per heavy atom. The summed E-state index contributed by atoms with van der Waals surface area (Å²) in [6.07, 6.45) is 5.27. The van der Waals surface area contributed by atoms with Crippen molar-refractivity contribution in [1.82, 2.24) is 10.2 Å². The van der Waals surface area contributed by atoms with Crippen LogP contribution in [0.2, 0.25) is 0 Å². The summed E-state index contributed by atoms with van der Waals surface area (Å²) in [4.78, 5) is 14.3. The second-order valence-electron chi connectivity index (χ2n) is 5.10. The number of amides is 1. The maximum atomic E-state index is 12.2. The van der Waals surface area contributed by atoms with E-state index >= 15 is 0 Å². The maximum Gasteiger partial charge on any atom is 0.224 e. The molecular formula is C13H24N2O2. The third-order valence-corrected chi connectivity index (χ3v) is 3.48. The third kappa shape index (κ3) is 3.96. The molecule has 0 aromatic rings. The zero-order valence-corrected chi connectivity index (χ0v) is 10.8. The summed E-state index contributed by atoms with van der Waals surface area (Å²) in [6.45, 7) is 5.43. The molecule has 1 saturated heterocycles. The molecule has 0 radical (unpaired) electrons. The van der Waals surface area contributed by atoms with Crippen LogP contribution >= 0.6 is 0 Å². The van der Waals surface area contributed by atoms with Gasteiger partial charge in [0.05, 0.1) is 13.2 Å². The third-order valence-electron chi connectivity index (χ3n) is 3.48. The minimum atomic E-state index is 0.221. The van der Waals surface area contributed by atoms with Crippen molar-refractivity contribution < 1.29 is 9.53 Å². The molecule has 4 nitrogen and oxygen atoms in total. The van der Waals surface area contributed by atoms with Gasteiger partial charge in [0.15, 0.2) is 0 Å². The van der Waals surface area contributed by atoms with Crippen LogP contribution in [0.15, 0.2) is 0 Å². The zero-order valence-electron chi connectivity index (χ0n) is 10.8. The number of rotatable bonds is 6. The number of morpholine rings is 1. The van der Waals surface area contributed by atoms with Gasteiger partial charge in [0.2, 0.25) is 5.91 Å². The van der Waals surface area contributed by atoms with Crippen LogP contribution in [-0.4, -0.2) is 49.2 Å². The lowest BCUT2D eigenvalue weighted by molar-refractivity contribution is -0.133. The number of carbonyl (C=O) groups excluding carboxylic acids is 1. The molecular weight excluding hydrogens is 216 g/mol. The molecule has 1 aliphatic carbocycles. The van der Waals surface area contributed by atoms with Crippen molar-refractivity contribution >= 4 is 5.91 Å². The van der Waals surface area contributed by atoms with E-state index in [4.69, 9.17) is 4.74 Å². The first-order valence-corrected chi connectivity index (χ1v) is 6.92. The molecule has 1 aliphatic heterocycles. The first-order chi connectivity index (χ1) is 8.31. The van der Waals surface area contributed by atoms with E-state index in [-0.39, 0.29) is 6.04 Å².